The lowest BCUT2D eigenvalue weighted by Crippen LogP contribution is -2.28. The number of hydrogen-bond acceptors (Lipinski definition) is 3. The minimum absolute atomic E-state index is 0.0324. The molecule has 5 nitrogen and oxygen atoms in total. The van der Waals surface area contributed by atoms with E-state index in [1.54, 1.807) is 0 Å². The number of nitrogens with zero attached hydrogens (tertiary/aromatic N) is 3. The number of carbonyl (C=O) groups excluding carboxylic acids is 1. The van der Waals surface area contributed by atoms with E-state index in [1.807, 2.05) is 91.3 Å². The minimum atomic E-state index is -0.101. The summed E-state index contributed by atoms with van der Waals surface area (Å²) >= 11 is 0. The third kappa shape index (κ3) is 4.75. The van der Waals surface area contributed by atoms with E-state index in [-0.39, 0.29) is 11.9 Å². The summed E-state index contributed by atoms with van der Waals surface area (Å²) < 4.78 is 2.08. The van der Waals surface area contributed by atoms with E-state index in [9.17, 15) is 10.1 Å². The number of carbonyl (C=O) groups is 1. The Morgan fingerprint density at radius 2 is 1.72 bits per heavy atom. The average Bonchev–Trinajstić information content (AvgIpc) is 3.34. The zero-order valence-electron chi connectivity index (χ0n) is 20.1. The molecule has 5 aromatic rings. The van der Waals surface area contributed by atoms with Crippen molar-refractivity contribution in [3.63, 3.8) is 0 Å². The van der Waals surface area contributed by atoms with Gasteiger partial charge in [-0.3, -0.25) is 4.79 Å². The number of nitriles is 1. The number of hydrogen-bond donors (Lipinski definition) is 1. The molecule has 1 heterocycles. The third-order valence-corrected chi connectivity index (χ3v) is 6.46. The highest BCUT2D eigenvalue weighted by Crippen LogP contribution is 2.24. The van der Waals surface area contributed by atoms with Crippen LogP contribution >= 0.6 is 0 Å². The molecule has 1 aromatic heterocycles. The highest BCUT2D eigenvalue weighted by molar-refractivity contribution is 5.97. The summed E-state index contributed by atoms with van der Waals surface area (Å²) in [6.45, 7) is 2.73. The maximum absolute atomic E-state index is 13.0. The number of benzene rings is 4. The lowest BCUT2D eigenvalue weighted by Gasteiger charge is -2.17. The number of aromatic nitrogens is 2. The average molecular weight is 471 g/mol. The molecule has 0 aliphatic carbocycles. The Hall–Kier alpha value is -4.69. The smallest absolute Gasteiger partial charge is 0.251 e. The quantitative estimate of drug-likeness (QED) is 0.295. The van der Waals surface area contributed by atoms with Gasteiger partial charge in [0.05, 0.1) is 35.0 Å². The first-order valence-corrected chi connectivity index (χ1v) is 12.1. The Labute approximate surface area is 210 Å². The molecule has 1 atom stereocenters. The highest BCUT2D eigenvalue weighted by Gasteiger charge is 2.15. The number of rotatable bonds is 7. The SMILES string of the molecule is CCC(NC(=O)c1ccc2c(c1)ncn2Cc1ccc(-c2ccccc2C#N)cc1)c1ccccc1. The van der Waals surface area contributed by atoms with Crippen molar-refractivity contribution in [2.75, 3.05) is 0 Å². The summed E-state index contributed by atoms with van der Waals surface area (Å²) in [5.74, 6) is -0.101. The molecular weight excluding hydrogens is 444 g/mol. The summed E-state index contributed by atoms with van der Waals surface area (Å²) in [4.78, 5) is 17.5. The Morgan fingerprint density at radius 1 is 0.972 bits per heavy atom. The summed E-state index contributed by atoms with van der Waals surface area (Å²) in [7, 11) is 0. The van der Waals surface area contributed by atoms with Crippen molar-refractivity contribution in [1.29, 1.82) is 5.26 Å². The van der Waals surface area contributed by atoms with Crippen LogP contribution in [0.1, 0.15) is 46.4 Å². The number of nitrogens with one attached hydrogen (secondary N) is 1. The molecular formula is C31H26N4O. The predicted octanol–water partition coefficient (Wildman–Crippen LogP) is 6.50. The van der Waals surface area contributed by atoms with Crippen LogP contribution in [0.5, 0.6) is 0 Å². The van der Waals surface area contributed by atoms with Crippen LogP contribution < -0.4 is 5.32 Å². The third-order valence-electron chi connectivity index (χ3n) is 6.46. The van der Waals surface area contributed by atoms with Gasteiger partial charge in [-0.15, -0.1) is 0 Å². The second-order valence-electron chi connectivity index (χ2n) is 8.78. The fourth-order valence-corrected chi connectivity index (χ4v) is 4.50. The van der Waals surface area contributed by atoms with E-state index < -0.39 is 0 Å². The van der Waals surface area contributed by atoms with Crippen molar-refractivity contribution < 1.29 is 4.79 Å². The van der Waals surface area contributed by atoms with E-state index in [0.29, 0.717) is 17.7 Å². The predicted molar refractivity (Wildman–Crippen MR) is 142 cm³/mol. The molecule has 0 spiro atoms. The van der Waals surface area contributed by atoms with Crippen molar-refractivity contribution >= 4 is 16.9 Å². The van der Waals surface area contributed by atoms with Crippen molar-refractivity contribution in [1.82, 2.24) is 14.9 Å². The molecule has 0 aliphatic heterocycles. The molecule has 1 unspecified atom stereocenters. The van der Waals surface area contributed by atoms with Crippen LogP contribution in [0, 0.1) is 11.3 Å². The normalized spacial score (nSPS) is 11.7. The van der Waals surface area contributed by atoms with Crippen LogP contribution in [-0.4, -0.2) is 15.5 Å². The van der Waals surface area contributed by atoms with Gasteiger partial charge in [-0.25, -0.2) is 4.98 Å². The first kappa shape index (κ1) is 23.1. The fraction of sp³-hybridized carbons (Fsp3) is 0.129. The second-order valence-corrected chi connectivity index (χ2v) is 8.78. The Balaban J connectivity index is 1.32. The lowest BCUT2D eigenvalue weighted by molar-refractivity contribution is 0.0935. The van der Waals surface area contributed by atoms with E-state index in [4.69, 9.17) is 0 Å². The first-order chi connectivity index (χ1) is 17.7. The number of fused-ring (bicyclic) bond motifs is 1. The summed E-state index contributed by atoms with van der Waals surface area (Å²) in [5, 5.41) is 12.5. The Kier molecular flexibility index (Phi) is 6.59. The molecule has 0 aliphatic rings. The summed E-state index contributed by atoms with van der Waals surface area (Å²) in [6, 6.07) is 33.8. The summed E-state index contributed by atoms with van der Waals surface area (Å²) in [6.07, 6.45) is 2.62. The molecule has 5 rings (SSSR count). The van der Waals surface area contributed by atoms with Crippen LogP contribution in [0.2, 0.25) is 0 Å². The van der Waals surface area contributed by atoms with E-state index >= 15 is 0 Å². The van der Waals surface area contributed by atoms with Gasteiger partial charge in [0, 0.05) is 12.1 Å². The van der Waals surface area contributed by atoms with Crippen LogP contribution in [0.25, 0.3) is 22.2 Å². The van der Waals surface area contributed by atoms with Crippen molar-refractivity contribution in [2.45, 2.75) is 25.9 Å². The molecule has 0 saturated heterocycles. The van der Waals surface area contributed by atoms with Crippen LogP contribution in [0.15, 0.2) is 103 Å². The van der Waals surface area contributed by atoms with Crippen LogP contribution in [0.4, 0.5) is 0 Å². The van der Waals surface area contributed by atoms with Crippen molar-refractivity contribution in [3.05, 3.63) is 126 Å². The monoisotopic (exact) mass is 470 g/mol. The van der Waals surface area contributed by atoms with Crippen LogP contribution in [0.3, 0.4) is 0 Å². The van der Waals surface area contributed by atoms with Crippen molar-refractivity contribution in [3.8, 4) is 17.2 Å². The fourth-order valence-electron chi connectivity index (χ4n) is 4.50. The maximum Gasteiger partial charge on any atom is 0.251 e. The molecule has 176 valence electrons. The molecule has 1 N–H and O–H groups in total. The topological polar surface area (TPSA) is 70.7 Å². The molecule has 1 amide bonds. The van der Waals surface area contributed by atoms with Crippen molar-refractivity contribution in [2.24, 2.45) is 0 Å². The van der Waals surface area contributed by atoms with E-state index in [1.165, 1.54) is 0 Å². The van der Waals surface area contributed by atoms with Gasteiger partial charge in [0.1, 0.15) is 0 Å². The van der Waals surface area contributed by atoms with Gasteiger partial charge in [0.15, 0.2) is 0 Å². The second kappa shape index (κ2) is 10.3. The Bertz CT molecular complexity index is 1550. The number of imidazole rings is 1. The zero-order valence-corrected chi connectivity index (χ0v) is 20.1. The Morgan fingerprint density at radius 3 is 2.47 bits per heavy atom. The minimum Gasteiger partial charge on any atom is -0.345 e. The standard InChI is InChI=1S/C31H26N4O/c1-2-28(24-8-4-3-5-9-24)34-31(36)25-16-17-30-29(18-25)33-21-35(30)20-22-12-14-23(15-13-22)27-11-7-6-10-26(27)19-32/h3-18,21,28H,2,20H2,1H3,(H,34,36). The molecule has 5 heteroatoms. The molecule has 0 bridgehead atoms. The molecule has 0 radical (unpaired) electrons. The van der Waals surface area contributed by atoms with Gasteiger partial charge in [-0.1, -0.05) is 79.7 Å². The molecule has 36 heavy (non-hydrogen) atoms. The van der Waals surface area contributed by atoms with E-state index in [2.05, 4.69) is 40.0 Å². The van der Waals surface area contributed by atoms with Crippen LogP contribution in [-0.2, 0) is 6.54 Å². The number of amides is 1. The van der Waals surface area contributed by atoms with Gasteiger partial charge < -0.3 is 9.88 Å². The molecule has 4 aromatic carbocycles. The molecule has 0 saturated carbocycles. The highest BCUT2D eigenvalue weighted by atomic mass is 16.1. The summed E-state index contributed by atoms with van der Waals surface area (Å²) in [5.41, 5.74) is 7.20. The maximum atomic E-state index is 13.0. The zero-order chi connectivity index (χ0) is 24.9. The van der Waals surface area contributed by atoms with E-state index in [0.717, 1.165) is 39.7 Å². The van der Waals surface area contributed by atoms with Gasteiger partial charge in [-0.2, -0.15) is 5.26 Å². The van der Waals surface area contributed by atoms with Gasteiger partial charge in [0.2, 0.25) is 0 Å². The van der Waals surface area contributed by atoms with Gasteiger partial charge in [-0.05, 0) is 52.9 Å². The molecule has 0 fully saturated rings. The largest absolute Gasteiger partial charge is 0.345 e. The van der Waals surface area contributed by atoms with Gasteiger partial charge in [0.25, 0.3) is 5.91 Å². The lowest BCUT2D eigenvalue weighted by atomic mass is 9.99. The first-order valence-electron chi connectivity index (χ1n) is 12.1. The van der Waals surface area contributed by atoms with Gasteiger partial charge >= 0.3 is 0 Å².